The van der Waals surface area contributed by atoms with E-state index in [2.05, 4.69) is 14.9 Å². The lowest BCUT2D eigenvalue weighted by Gasteiger charge is -2.13. The van der Waals surface area contributed by atoms with Gasteiger partial charge in [-0.15, -0.1) is 11.3 Å². The Morgan fingerprint density at radius 1 is 1.41 bits per heavy atom. The van der Waals surface area contributed by atoms with Crippen LogP contribution in [-0.4, -0.2) is 40.5 Å². The molecule has 1 aliphatic rings. The molecule has 0 aromatic carbocycles. The van der Waals surface area contributed by atoms with Gasteiger partial charge in [0.05, 0.1) is 18.5 Å². The number of nitrogens with one attached hydrogen (secondary N) is 1. The van der Waals surface area contributed by atoms with Crippen molar-refractivity contribution in [3.05, 3.63) is 26.6 Å². The number of carbonyl (C=O) groups excluding carboxylic acids is 1. The summed E-state index contributed by atoms with van der Waals surface area (Å²) in [7, 11) is 0. The van der Waals surface area contributed by atoms with E-state index in [1.54, 1.807) is 13.8 Å². The Morgan fingerprint density at radius 2 is 2.14 bits per heavy atom. The molecule has 2 aromatic heterocycles. The third kappa shape index (κ3) is 2.78. The lowest BCUT2D eigenvalue weighted by atomic mass is 10.2. The second-order valence-corrected chi connectivity index (χ2v) is 6.45. The molecule has 0 amide bonds. The molecule has 0 radical (unpaired) electrons. The predicted octanol–water partition coefficient (Wildman–Crippen LogP) is 2.07. The molecule has 0 unspecified atom stereocenters. The Bertz CT molecular complexity index is 759. The maximum Gasteiger partial charge on any atom is 0.348 e. The van der Waals surface area contributed by atoms with Crippen molar-refractivity contribution in [3.8, 4) is 0 Å². The molecule has 0 aliphatic carbocycles. The van der Waals surface area contributed by atoms with Gasteiger partial charge in [0.25, 0.3) is 5.56 Å². The maximum absolute atomic E-state index is 12.3. The number of likely N-dealkylation sites (tertiary alicyclic amines) is 1. The number of carbonyl (C=O) groups is 1. The van der Waals surface area contributed by atoms with E-state index in [9.17, 15) is 9.59 Å². The highest BCUT2D eigenvalue weighted by molar-refractivity contribution is 7.20. The van der Waals surface area contributed by atoms with E-state index in [0.717, 1.165) is 13.1 Å². The van der Waals surface area contributed by atoms with Gasteiger partial charge in [-0.2, -0.15) is 0 Å². The minimum Gasteiger partial charge on any atom is -0.462 e. The molecule has 0 bridgehead atoms. The summed E-state index contributed by atoms with van der Waals surface area (Å²) in [5.41, 5.74) is 0.475. The van der Waals surface area contributed by atoms with Crippen molar-refractivity contribution < 1.29 is 9.53 Å². The van der Waals surface area contributed by atoms with Gasteiger partial charge in [-0.1, -0.05) is 0 Å². The molecule has 118 valence electrons. The zero-order valence-corrected chi connectivity index (χ0v) is 13.6. The van der Waals surface area contributed by atoms with E-state index in [4.69, 9.17) is 4.74 Å². The van der Waals surface area contributed by atoms with Crippen LogP contribution in [0.1, 0.15) is 40.8 Å². The second-order valence-electron chi connectivity index (χ2n) is 5.45. The van der Waals surface area contributed by atoms with Crippen LogP contribution in [0.15, 0.2) is 4.79 Å². The second kappa shape index (κ2) is 6.18. The zero-order valence-electron chi connectivity index (χ0n) is 12.8. The van der Waals surface area contributed by atoms with Gasteiger partial charge >= 0.3 is 5.97 Å². The average molecular weight is 321 g/mol. The fraction of sp³-hybridized carbons (Fsp3) is 0.533. The molecular weight excluding hydrogens is 302 g/mol. The minimum absolute atomic E-state index is 0.177. The number of thiophene rings is 1. The van der Waals surface area contributed by atoms with Crippen LogP contribution in [0.5, 0.6) is 0 Å². The summed E-state index contributed by atoms with van der Waals surface area (Å²) in [6.07, 6.45) is 2.38. The van der Waals surface area contributed by atoms with Crippen LogP contribution < -0.4 is 5.56 Å². The first-order valence-corrected chi connectivity index (χ1v) is 8.33. The van der Waals surface area contributed by atoms with Crippen LogP contribution in [0.3, 0.4) is 0 Å². The number of aromatic amines is 1. The minimum atomic E-state index is -0.386. The molecule has 6 nitrogen and oxygen atoms in total. The largest absolute Gasteiger partial charge is 0.462 e. The molecule has 3 rings (SSSR count). The number of hydrogen-bond donors (Lipinski definition) is 1. The molecule has 2 aromatic rings. The van der Waals surface area contributed by atoms with Crippen molar-refractivity contribution >= 4 is 27.5 Å². The third-order valence-electron chi connectivity index (χ3n) is 3.88. The van der Waals surface area contributed by atoms with Gasteiger partial charge in [0, 0.05) is 0 Å². The molecule has 0 saturated carbocycles. The van der Waals surface area contributed by atoms with Crippen LogP contribution in [0.25, 0.3) is 10.2 Å². The topological polar surface area (TPSA) is 75.3 Å². The Hall–Kier alpha value is -1.73. The van der Waals surface area contributed by atoms with Crippen molar-refractivity contribution in [1.29, 1.82) is 0 Å². The number of hydrogen-bond acceptors (Lipinski definition) is 6. The van der Waals surface area contributed by atoms with Crippen molar-refractivity contribution in [1.82, 2.24) is 14.9 Å². The van der Waals surface area contributed by atoms with Crippen molar-refractivity contribution in [2.24, 2.45) is 0 Å². The number of fused-ring (bicyclic) bond motifs is 1. The summed E-state index contributed by atoms with van der Waals surface area (Å²) >= 11 is 1.23. The first-order chi connectivity index (χ1) is 10.6. The highest BCUT2D eigenvalue weighted by atomic mass is 32.1. The zero-order chi connectivity index (χ0) is 15.7. The quantitative estimate of drug-likeness (QED) is 0.873. The van der Waals surface area contributed by atoms with Gasteiger partial charge < -0.3 is 9.72 Å². The first-order valence-electron chi connectivity index (χ1n) is 7.52. The molecule has 3 heterocycles. The third-order valence-corrected chi connectivity index (χ3v) is 5.05. The predicted molar refractivity (Wildman–Crippen MR) is 85.4 cm³/mol. The number of rotatable bonds is 4. The Morgan fingerprint density at radius 3 is 2.82 bits per heavy atom. The summed E-state index contributed by atoms with van der Waals surface area (Å²) in [4.78, 5) is 35.0. The average Bonchev–Trinajstić information content (AvgIpc) is 3.07. The molecule has 7 heteroatoms. The maximum atomic E-state index is 12.3. The SMILES string of the molecule is CCOC(=O)c1sc2nc(CN3CCCC3)[nH]c(=O)c2c1C. The van der Waals surface area contributed by atoms with E-state index >= 15 is 0 Å². The summed E-state index contributed by atoms with van der Waals surface area (Å²) in [6.45, 7) is 6.58. The summed E-state index contributed by atoms with van der Waals surface area (Å²) in [5.74, 6) is 0.277. The number of aromatic nitrogens is 2. The highest BCUT2D eigenvalue weighted by Gasteiger charge is 2.21. The van der Waals surface area contributed by atoms with Gasteiger partial charge in [0.2, 0.25) is 0 Å². The summed E-state index contributed by atoms with van der Waals surface area (Å²) in [5, 5.41) is 0.498. The van der Waals surface area contributed by atoms with E-state index in [1.165, 1.54) is 24.2 Å². The van der Waals surface area contributed by atoms with Crippen molar-refractivity contribution in [2.45, 2.75) is 33.2 Å². The van der Waals surface area contributed by atoms with E-state index in [-0.39, 0.29) is 11.5 Å². The molecule has 1 saturated heterocycles. The van der Waals surface area contributed by atoms with Crippen LogP contribution in [0.2, 0.25) is 0 Å². The molecule has 0 atom stereocenters. The van der Waals surface area contributed by atoms with E-state index in [1.807, 2.05) is 0 Å². The fourth-order valence-corrected chi connectivity index (χ4v) is 3.90. The van der Waals surface area contributed by atoms with Crippen molar-refractivity contribution in [2.75, 3.05) is 19.7 Å². The summed E-state index contributed by atoms with van der Waals surface area (Å²) in [6, 6.07) is 0. The first kappa shape index (κ1) is 15.2. The summed E-state index contributed by atoms with van der Waals surface area (Å²) < 4.78 is 5.04. The monoisotopic (exact) mass is 321 g/mol. The number of H-pyrrole nitrogens is 1. The van der Waals surface area contributed by atoms with Gasteiger partial charge in [0.15, 0.2) is 0 Å². The fourth-order valence-electron chi connectivity index (χ4n) is 2.81. The van der Waals surface area contributed by atoms with Gasteiger partial charge in [0.1, 0.15) is 15.5 Å². The Kier molecular flexibility index (Phi) is 4.26. The van der Waals surface area contributed by atoms with Crippen LogP contribution in [0.4, 0.5) is 0 Å². The van der Waals surface area contributed by atoms with Crippen molar-refractivity contribution in [3.63, 3.8) is 0 Å². The lowest BCUT2D eigenvalue weighted by molar-refractivity contribution is 0.0531. The number of ether oxygens (including phenoxy) is 1. The van der Waals surface area contributed by atoms with Crippen LogP contribution >= 0.6 is 11.3 Å². The Labute approximate surface area is 132 Å². The Balaban J connectivity index is 1.99. The van der Waals surface area contributed by atoms with Gasteiger partial charge in [-0.3, -0.25) is 9.69 Å². The smallest absolute Gasteiger partial charge is 0.348 e. The number of esters is 1. The molecule has 1 fully saturated rings. The van der Waals surface area contributed by atoms with E-state index < -0.39 is 0 Å². The standard InChI is InChI=1S/C15H19N3O3S/c1-3-21-15(20)12-9(2)11-13(19)16-10(17-14(11)22-12)8-18-6-4-5-7-18/h3-8H2,1-2H3,(H,16,17,19). The number of nitrogens with zero attached hydrogens (tertiary/aromatic N) is 2. The van der Waals surface area contributed by atoms with Gasteiger partial charge in [-0.05, 0) is 45.3 Å². The molecule has 22 heavy (non-hydrogen) atoms. The van der Waals surface area contributed by atoms with Gasteiger partial charge in [-0.25, -0.2) is 9.78 Å². The molecule has 0 spiro atoms. The van der Waals surface area contributed by atoms with Crippen LogP contribution in [0, 0.1) is 6.92 Å². The molecule has 1 N–H and O–H groups in total. The normalized spacial score (nSPS) is 15.5. The molecular formula is C15H19N3O3S. The lowest BCUT2D eigenvalue weighted by Crippen LogP contribution is -2.22. The highest BCUT2D eigenvalue weighted by Crippen LogP contribution is 2.27. The number of aryl methyl sites for hydroxylation is 1. The van der Waals surface area contributed by atoms with E-state index in [0.29, 0.717) is 39.6 Å². The van der Waals surface area contributed by atoms with Crippen LogP contribution in [-0.2, 0) is 11.3 Å². The molecule has 1 aliphatic heterocycles.